The first-order valence-electron chi connectivity index (χ1n) is 11.0. The summed E-state index contributed by atoms with van der Waals surface area (Å²) in [6.07, 6.45) is 6.38. The maximum atomic E-state index is 12.8. The summed E-state index contributed by atoms with van der Waals surface area (Å²) in [5, 5.41) is 15.1. The zero-order chi connectivity index (χ0) is 22.8. The average Bonchev–Trinajstić information content (AvgIpc) is 2.86. The normalized spacial score (nSPS) is 15.0. The van der Waals surface area contributed by atoms with Crippen LogP contribution < -0.4 is 10.2 Å². The van der Waals surface area contributed by atoms with Crippen LogP contribution >= 0.6 is 11.8 Å². The Morgan fingerprint density at radius 2 is 1.76 bits per heavy atom. The Balaban J connectivity index is 1.35. The summed E-state index contributed by atoms with van der Waals surface area (Å²) in [6.45, 7) is 1.67. The molecule has 0 radical (unpaired) electrons. The number of allylic oxidation sites excluding steroid dienone is 1. The van der Waals surface area contributed by atoms with Gasteiger partial charge in [-0.25, -0.2) is 0 Å². The van der Waals surface area contributed by atoms with Crippen molar-refractivity contribution in [2.75, 3.05) is 23.3 Å². The Morgan fingerprint density at radius 1 is 0.970 bits per heavy atom. The molecule has 2 aliphatic rings. The van der Waals surface area contributed by atoms with Gasteiger partial charge in [-0.3, -0.25) is 14.9 Å². The lowest BCUT2D eigenvalue weighted by atomic mass is 10.1. The van der Waals surface area contributed by atoms with Crippen molar-refractivity contribution < 1.29 is 9.72 Å². The van der Waals surface area contributed by atoms with E-state index in [2.05, 4.69) is 16.3 Å². The number of hydrogen-bond donors (Lipinski definition) is 1. The summed E-state index contributed by atoms with van der Waals surface area (Å²) >= 11 is 1.67. The van der Waals surface area contributed by atoms with Gasteiger partial charge >= 0.3 is 0 Å². The minimum Gasteiger partial charge on any atom is -0.366 e. The second kappa shape index (κ2) is 9.11. The molecule has 3 aromatic carbocycles. The number of piperidine rings is 1. The lowest BCUT2D eigenvalue weighted by molar-refractivity contribution is -0.384. The van der Waals surface area contributed by atoms with Crippen LogP contribution in [0.2, 0.25) is 0 Å². The smallest absolute Gasteiger partial charge is 0.293 e. The summed E-state index contributed by atoms with van der Waals surface area (Å²) in [5.74, 6) is -0.147. The van der Waals surface area contributed by atoms with Gasteiger partial charge in [-0.2, -0.15) is 0 Å². The molecule has 1 N–H and O–H groups in total. The third-order valence-electron chi connectivity index (χ3n) is 5.96. The number of carbonyl (C=O) groups is 1. The van der Waals surface area contributed by atoms with Crippen molar-refractivity contribution in [3.05, 3.63) is 88.0 Å². The van der Waals surface area contributed by atoms with Crippen molar-refractivity contribution >= 4 is 46.4 Å². The van der Waals surface area contributed by atoms with Crippen LogP contribution in [0.1, 0.15) is 35.2 Å². The van der Waals surface area contributed by atoms with E-state index in [9.17, 15) is 14.9 Å². The van der Waals surface area contributed by atoms with Crippen LogP contribution in [0.25, 0.3) is 6.08 Å². The Labute approximate surface area is 196 Å². The molecule has 0 aliphatic carbocycles. The molecule has 33 heavy (non-hydrogen) atoms. The number of benzene rings is 3. The number of carbonyl (C=O) groups excluding carboxylic acids is 1. The van der Waals surface area contributed by atoms with Crippen molar-refractivity contribution in [3.8, 4) is 0 Å². The molecule has 0 unspecified atom stereocenters. The summed E-state index contributed by atoms with van der Waals surface area (Å²) in [4.78, 5) is 28.5. The molecule has 5 rings (SSSR count). The highest BCUT2D eigenvalue weighted by Gasteiger charge is 2.21. The van der Waals surface area contributed by atoms with E-state index in [0.717, 1.165) is 53.5 Å². The number of nitrogens with one attached hydrogen (secondary N) is 1. The summed E-state index contributed by atoms with van der Waals surface area (Å²) in [5.41, 5.74) is 3.87. The zero-order valence-electron chi connectivity index (χ0n) is 18.0. The lowest BCUT2D eigenvalue weighted by Gasteiger charge is -2.28. The van der Waals surface area contributed by atoms with Crippen molar-refractivity contribution in [2.24, 2.45) is 0 Å². The van der Waals surface area contributed by atoms with Crippen molar-refractivity contribution in [3.63, 3.8) is 0 Å². The van der Waals surface area contributed by atoms with Crippen molar-refractivity contribution in [1.29, 1.82) is 0 Å². The van der Waals surface area contributed by atoms with Crippen molar-refractivity contribution in [2.45, 2.75) is 29.1 Å². The lowest BCUT2D eigenvalue weighted by Crippen LogP contribution is -2.29. The van der Waals surface area contributed by atoms with E-state index in [-0.39, 0.29) is 16.4 Å². The molecule has 0 spiro atoms. The summed E-state index contributed by atoms with van der Waals surface area (Å²) in [6, 6.07) is 18.9. The van der Waals surface area contributed by atoms with Gasteiger partial charge in [0.15, 0.2) is 5.78 Å². The predicted molar refractivity (Wildman–Crippen MR) is 133 cm³/mol. The minimum absolute atomic E-state index is 0.0835. The summed E-state index contributed by atoms with van der Waals surface area (Å²) in [7, 11) is 0. The highest BCUT2D eigenvalue weighted by Crippen LogP contribution is 2.44. The van der Waals surface area contributed by atoms with Crippen LogP contribution in [0, 0.1) is 10.1 Å². The van der Waals surface area contributed by atoms with Crippen LogP contribution in [0.3, 0.4) is 0 Å². The van der Waals surface area contributed by atoms with Gasteiger partial charge in [0.05, 0.1) is 16.3 Å². The molecule has 2 aliphatic heterocycles. The first-order valence-corrected chi connectivity index (χ1v) is 11.8. The van der Waals surface area contributed by atoms with Gasteiger partial charge in [0.25, 0.3) is 5.69 Å². The van der Waals surface area contributed by atoms with E-state index in [1.165, 1.54) is 6.08 Å². The van der Waals surface area contributed by atoms with Crippen LogP contribution in [0.15, 0.2) is 76.5 Å². The van der Waals surface area contributed by atoms with Gasteiger partial charge in [0, 0.05) is 34.5 Å². The van der Waals surface area contributed by atoms with Crippen LogP contribution in [-0.4, -0.2) is 23.8 Å². The first kappa shape index (κ1) is 21.3. The topological polar surface area (TPSA) is 75.5 Å². The molecular formula is C26H23N3O3S. The predicted octanol–water partition coefficient (Wildman–Crippen LogP) is 6.69. The second-order valence-corrected chi connectivity index (χ2v) is 9.27. The maximum absolute atomic E-state index is 12.8. The quantitative estimate of drug-likeness (QED) is 0.156. The Hall–Kier alpha value is -3.58. The van der Waals surface area contributed by atoms with Gasteiger partial charge in [-0.05, 0) is 67.3 Å². The fourth-order valence-electron chi connectivity index (χ4n) is 4.25. The molecule has 0 aromatic heterocycles. The number of anilines is 3. The number of nitro benzene ring substituents is 1. The van der Waals surface area contributed by atoms with Gasteiger partial charge in [-0.1, -0.05) is 36.0 Å². The number of ketones is 1. The number of fused-ring (bicyclic) bond motifs is 2. The SMILES string of the molecule is O=C(C=Cc1ccc(N2CCCCC2)c([N+](=O)[O-])c1)c1ccc2c(c1)Nc1ccccc1S2. The van der Waals surface area contributed by atoms with Crippen LogP contribution in [-0.2, 0) is 0 Å². The van der Waals surface area contributed by atoms with E-state index in [0.29, 0.717) is 16.8 Å². The third kappa shape index (κ3) is 4.50. The number of nitro groups is 1. The van der Waals surface area contributed by atoms with Gasteiger partial charge in [0.2, 0.25) is 0 Å². The minimum atomic E-state index is -0.340. The monoisotopic (exact) mass is 457 g/mol. The van der Waals surface area contributed by atoms with Crippen LogP contribution in [0.4, 0.5) is 22.7 Å². The zero-order valence-corrected chi connectivity index (χ0v) is 18.8. The van der Waals surface area contributed by atoms with Gasteiger partial charge < -0.3 is 10.2 Å². The molecule has 1 saturated heterocycles. The Bertz CT molecular complexity index is 1270. The van der Waals surface area contributed by atoms with E-state index in [4.69, 9.17) is 0 Å². The molecule has 0 amide bonds. The number of nitrogens with zero attached hydrogens (tertiary/aromatic N) is 2. The highest BCUT2D eigenvalue weighted by atomic mass is 32.2. The third-order valence-corrected chi connectivity index (χ3v) is 7.11. The molecule has 2 heterocycles. The van der Waals surface area contributed by atoms with E-state index in [1.807, 2.05) is 42.5 Å². The molecule has 7 heteroatoms. The molecule has 166 valence electrons. The Kier molecular flexibility index (Phi) is 5.88. The van der Waals surface area contributed by atoms with E-state index in [1.54, 1.807) is 30.0 Å². The molecule has 0 bridgehead atoms. The molecule has 0 atom stereocenters. The highest BCUT2D eigenvalue weighted by molar-refractivity contribution is 7.99. The molecule has 3 aromatic rings. The molecule has 1 fully saturated rings. The largest absolute Gasteiger partial charge is 0.366 e. The number of para-hydroxylation sites is 1. The standard InChI is InChI=1S/C26H23N3O3S/c30-24(19-10-13-26-21(17-19)27-20-6-2-3-7-25(20)33-26)12-9-18-8-11-22(23(16-18)29(31)32)28-14-4-1-5-15-28/h2-3,6-13,16-17,27H,1,4-5,14-15H2. The fourth-order valence-corrected chi connectivity index (χ4v) is 5.22. The van der Waals surface area contributed by atoms with Crippen molar-refractivity contribution in [1.82, 2.24) is 0 Å². The van der Waals surface area contributed by atoms with E-state index < -0.39 is 0 Å². The van der Waals surface area contributed by atoms with Gasteiger partial charge in [0.1, 0.15) is 5.69 Å². The maximum Gasteiger partial charge on any atom is 0.293 e. The number of rotatable bonds is 5. The molecular weight excluding hydrogens is 434 g/mol. The first-order chi connectivity index (χ1) is 16.1. The molecule has 0 saturated carbocycles. The number of hydrogen-bond acceptors (Lipinski definition) is 6. The molecule has 6 nitrogen and oxygen atoms in total. The Morgan fingerprint density at radius 3 is 2.58 bits per heavy atom. The second-order valence-electron chi connectivity index (χ2n) is 8.18. The van der Waals surface area contributed by atoms with Crippen LogP contribution in [0.5, 0.6) is 0 Å². The average molecular weight is 458 g/mol. The summed E-state index contributed by atoms with van der Waals surface area (Å²) < 4.78 is 0. The van der Waals surface area contributed by atoms with Gasteiger partial charge in [-0.15, -0.1) is 0 Å². The van der Waals surface area contributed by atoms with E-state index >= 15 is 0 Å². The fraction of sp³-hybridized carbons (Fsp3) is 0.192.